The maximum absolute atomic E-state index is 13.2. The molecule has 41 heavy (non-hydrogen) atoms. The first-order valence-corrected chi connectivity index (χ1v) is 14.8. The van der Waals surface area contributed by atoms with Crippen LogP contribution in [0.25, 0.3) is 10.9 Å². The Bertz CT molecular complexity index is 1450. The zero-order valence-electron chi connectivity index (χ0n) is 23.3. The molecule has 5 rings (SSSR count). The van der Waals surface area contributed by atoms with Crippen LogP contribution in [-0.4, -0.2) is 73.3 Å². The van der Waals surface area contributed by atoms with Crippen LogP contribution in [0.1, 0.15) is 22.3 Å². The fraction of sp³-hybridized carbons (Fsp3) is 0.344. The molecule has 1 saturated heterocycles. The van der Waals surface area contributed by atoms with Crippen LogP contribution >= 0.6 is 23.2 Å². The van der Waals surface area contributed by atoms with E-state index in [9.17, 15) is 4.79 Å². The van der Waals surface area contributed by atoms with E-state index in [-0.39, 0.29) is 5.91 Å². The quantitative estimate of drug-likeness (QED) is 0.219. The lowest BCUT2D eigenvalue weighted by Gasteiger charge is -2.34. The molecule has 0 unspecified atom stereocenters. The van der Waals surface area contributed by atoms with E-state index in [1.54, 1.807) is 7.11 Å². The van der Waals surface area contributed by atoms with Gasteiger partial charge in [-0.15, -0.1) is 0 Å². The zero-order chi connectivity index (χ0) is 28.6. The fourth-order valence-corrected chi connectivity index (χ4v) is 5.64. The summed E-state index contributed by atoms with van der Waals surface area (Å²) < 4.78 is 13.7. The van der Waals surface area contributed by atoms with Crippen molar-refractivity contribution in [3.05, 3.63) is 94.1 Å². The molecule has 7 nitrogen and oxygen atoms in total. The summed E-state index contributed by atoms with van der Waals surface area (Å²) in [5, 5.41) is 5.31. The third-order valence-electron chi connectivity index (χ3n) is 7.50. The van der Waals surface area contributed by atoms with Gasteiger partial charge in [-0.1, -0.05) is 47.5 Å². The molecular formula is C32H36Cl2N4O3. The van der Waals surface area contributed by atoms with Gasteiger partial charge in [0.05, 0.1) is 18.2 Å². The Morgan fingerprint density at radius 1 is 0.878 bits per heavy atom. The van der Waals surface area contributed by atoms with Gasteiger partial charge >= 0.3 is 0 Å². The average molecular weight is 596 g/mol. The van der Waals surface area contributed by atoms with E-state index < -0.39 is 0 Å². The van der Waals surface area contributed by atoms with Gasteiger partial charge in [0.2, 0.25) is 0 Å². The Morgan fingerprint density at radius 3 is 2.34 bits per heavy atom. The van der Waals surface area contributed by atoms with Gasteiger partial charge in [-0.05, 0) is 61.0 Å². The molecule has 216 valence electrons. The number of amides is 1. The van der Waals surface area contributed by atoms with Crippen LogP contribution in [0, 0.1) is 0 Å². The van der Waals surface area contributed by atoms with Gasteiger partial charge in [-0.2, -0.15) is 0 Å². The van der Waals surface area contributed by atoms with Gasteiger partial charge in [-0.25, -0.2) is 0 Å². The molecule has 1 aromatic heterocycles. The maximum atomic E-state index is 13.2. The fourth-order valence-electron chi connectivity index (χ4n) is 5.30. The number of carbonyl (C=O) groups is 1. The van der Waals surface area contributed by atoms with Gasteiger partial charge in [0.1, 0.15) is 18.1 Å². The lowest BCUT2D eigenvalue weighted by molar-refractivity contribution is 0.0952. The van der Waals surface area contributed by atoms with Crippen molar-refractivity contribution in [2.45, 2.75) is 19.5 Å². The largest absolute Gasteiger partial charge is 0.495 e. The van der Waals surface area contributed by atoms with Crippen LogP contribution in [0.15, 0.2) is 72.9 Å². The zero-order valence-corrected chi connectivity index (χ0v) is 24.8. The van der Waals surface area contributed by atoms with E-state index in [2.05, 4.69) is 19.7 Å². The SMILES string of the molecule is COc1cccc2c(C(=O)NCc3cccc(Cl)c3)cn(CCCN3CCN(CCOc4ccc(Cl)cc4)CC3)c12. The molecule has 0 radical (unpaired) electrons. The van der Waals surface area contributed by atoms with E-state index >= 15 is 0 Å². The molecule has 1 aliphatic heterocycles. The summed E-state index contributed by atoms with van der Waals surface area (Å²) in [6, 6.07) is 20.9. The van der Waals surface area contributed by atoms with Gasteiger partial charge < -0.3 is 24.3 Å². The first-order chi connectivity index (χ1) is 20.0. The maximum Gasteiger partial charge on any atom is 0.253 e. The standard InChI is InChI=1S/C32H36Cl2N4O3/c1-40-30-8-3-7-28-29(32(39)35-22-24-5-2-6-26(34)21-24)23-38(31(28)30)14-4-13-36-15-17-37(18-16-36)19-20-41-27-11-9-25(33)10-12-27/h2-3,5-12,21,23H,4,13-20,22H2,1H3,(H,35,39). The Morgan fingerprint density at radius 2 is 1.61 bits per heavy atom. The normalized spacial score (nSPS) is 14.3. The lowest BCUT2D eigenvalue weighted by Crippen LogP contribution is -2.47. The van der Waals surface area contributed by atoms with E-state index in [0.717, 1.165) is 80.2 Å². The van der Waals surface area contributed by atoms with Crippen molar-refractivity contribution in [1.29, 1.82) is 0 Å². The topological polar surface area (TPSA) is 59.0 Å². The van der Waals surface area contributed by atoms with Crippen LogP contribution in [-0.2, 0) is 13.1 Å². The number of nitrogens with one attached hydrogen (secondary N) is 1. The Labute approximate surface area is 251 Å². The third-order valence-corrected chi connectivity index (χ3v) is 7.98. The second-order valence-electron chi connectivity index (χ2n) is 10.2. The van der Waals surface area contributed by atoms with Gasteiger partial charge in [0, 0.05) is 67.4 Å². The Balaban J connectivity index is 1.13. The smallest absolute Gasteiger partial charge is 0.253 e. The minimum atomic E-state index is -0.113. The molecule has 4 aromatic rings. The number of fused-ring (bicyclic) bond motifs is 1. The molecule has 1 amide bonds. The number of methoxy groups -OCH3 is 1. The first-order valence-electron chi connectivity index (χ1n) is 14.0. The van der Waals surface area contributed by atoms with Gasteiger partial charge in [-0.3, -0.25) is 9.69 Å². The summed E-state index contributed by atoms with van der Waals surface area (Å²) in [4.78, 5) is 18.2. The third kappa shape index (κ3) is 7.74. The molecule has 3 aromatic carbocycles. The van der Waals surface area contributed by atoms with Crippen LogP contribution < -0.4 is 14.8 Å². The highest BCUT2D eigenvalue weighted by Crippen LogP contribution is 2.30. The molecule has 0 bridgehead atoms. The number of ether oxygens (including phenoxy) is 2. The molecule has 9 heteroatoms. The molecule has 1 aliphatic rings. The van der Waals surface area contributed by atoms with Crippen molar-refractivity contribution in [3.63, 3.8) is 0 Å². The summed E-state index contributed by atoms with van der Waals surface area (Å²) in [5.41, 5.74) is 2.56. The average Bonchev–Trinajstić information content (AvgIpc) is 3.37. The van der Waals surface area contributed by atoms with Crippen LogP contribution in [0.5, 0.6) is 11.5 Å². The van der Waals surface area contributed by atoms with Crippen molar-refractivity contribution < 1.29 is 14.3 Å². The predicted molar refractivity (Wildman–Crippen MR) is 166 cm³/mol. The van der Waals surface area contributed by atoms with E-state index in [0.29, 0.717) is 28.8 Å². The second kappa shape index (κ2) is 14.1. The van der Waals surface area contributed by atoms with Gasteiger partial charge in [0.15, 0.2) is 0 Å². The number of benzene rings is 3. The summed E-state index contributed by atoms with van der Waals surface area (Å²) >= 11 is 12.0. The number of carbonyl (C=O) groups excluding carboxylic acids is 1. The molecule has 1 N–H and O–H groups in total. The van der Waals surface area contributed by atoms with Crippen LogP contribution in [0.4, 0.5) is 0 Å². The number of aryl methyl sites for hydroxylation is 1. The van der Waals surface area contributed by atoms with E-state index in [4.69, 9.17) is 32.7 Å². The van der Waals surface area contributed by atoms with Crippen molar-refractivity contribution in [1.82, 2.24) is 19.7 Å². The second-order valence-corrected chi connectivity index (χ2v) is 11.1. The molecule has 0 atom stereocenters. The number of rotatable bonds is 12. The summed E-state index contributed by atoms with van der Waals surface area (Å²) in [5.74, 6) is 1.51. The molecule has 1 fully saturated rings. The van der Waals surface area contributed by atoms with Crippen molar-refractivity contribution in [2.24, 2.45) is 0 Å². The number of hydrogen-bond acceptors (Lipinski definition) is 5. The summed E-state index contributed by atoms with van der Waals surface area (Å²) in [6.07, 6.45) is 2.93. The number of piperazine rings is 1. The monoisotopic (exact) mass is 594 g/mol. The minimum absolute atomic E-state index is 0.113. The van der Waals surface area contributed by atoms with E-state index in [1.807, 2.05) is 72.9 Å². The highest BCUT2D eigenvalue weighted by Gasteiger charge is 2.19. The summed E-state index contributed by atoms with van der Waals surface area (Å²) in [6.45, 7) is 7.92. The van der Waals surface area contributed by atoms with Crippen molar-refractivity contribution in [3.8, 4) is 11.5 Å². The minimum Gasteiger partial charge on any atom is -0.495 e. The molecule has 0 aliphatic carbocycles. The van der Waals surface area contributed by atoms with Crippen molar-refractivity contribution in [2.75, 3.05) is 53.0 Å². The summed E-state index contributed by atoms with van der Waals surface area (Å²) in [7, 11) is 1.67. The number of aromatic nitrogens is 1. The number of para-hydroxylation sites is 1. The number of hydrogen-bond donors (Lipinski definition) is 1. The number of halogens is 2. The first kappa shape index (κ1) is 29.3. The van der Waals surface area contributed by atoms with Crippen LogP contribution in [0.2, 0.25) is 10.0 Å². The molecule has 0 spiro atoms. The predicted octanol–water partition coefficient (Wildman–Crippen LogP) is 5.97. The highest BCUT2D eigenvalue weighted by atomic mass is 35.5. The van der Waals surface area contributed by atoms with E-state index in [1.165, 1.54) is 0 Å². The Hall–Kier alpha value is -3.23. The van der Waals surface area contributed by atoms with Crippen molar-refractivity contribution >= 4 is 40.0 Å². The lowest BCUT2D eigenvalue weighted by atomic mass is 10.1. The molecule has 0 saturated carbocycles. The van der Waals surface area contributed by atoms with Crippen LogP contribution in [0.3, 0.4) is 0 Å². The molecular weight excluding hydrogens is 559 g/mol. The number of nitrogens with zero attached hydrogens (tertiary/aromatic N) is 3. The van der Waals surface area contributed by atoms with Gasteiger partial charge in [0.25, 0.3) is 5.91 Å². The Kier molecular flexibility index (Phi) is 10.1. The highest BCUT2D eigenvalue weighted by molar-refractivity contribution is 6.30. The molecule has 2 heterocycles.